The Balaban J connectivity index is -0.00000000319. The third-order valence-electron chi connectivity index (χ3n) is 0. The van der Waals surface area contributed by atoms with Gasteiger partial charge in [-0.1, -0.05) is 44.6 Å². The van der Waals surface area contributed by atoms with Crippen LogP contribution in [0.1, 0.15) is 44.6 Å². The van der Waals surface area contributed by atoms with E-state index in [1.165, 1.54) is 7.05 Å². The van der Waals surface area contributed by atoms with Crippen LogP contribution in [0.4, 0.5) is 0 Å². The molecule has 0 aromatic heterocycles. The van der Waals surface area contributed by atoms with Gasteiger partial charge in [0.1, 0.15) is 0 Å². The fourth-order valence-corrected chi connectivity index (χ4v) is 0. The first-order valence-corrected chi connectivity index (χ1v) is 1.49. The number of hydrogen-bond donors (Lipinski definition) is 3. The van der Waals surface area contributed by atoms with Crippen LogP contribution in [0.5, 0.6) is 0 Å². The van der Waals surface area contributed by atoms with E-state index in [-0.39, 0.29) is 44.6 Å². The quantitative estimate of drug-likeness (QED) is 0.424. The minimum Gasteiger partial charge on any atom is -0.333 e. The molecule has 0 aromatic rings. The lowest BCUT2D eigenvalue weighted by Gasteiger charge is -1.19. The molecule has 0 spiro atoms. The van der Waals surface area contributed by atoms with Crippen molar-refractivity contribution in [1.82, 2.24) is 0 Å². The smallest absolute Gasteiger partial charge is 0.231 e. The maximum absolute atomic E-state index is 8.35. The molecule has 0 bridgehead atoms. The van der Waals surface area contributed by atoms with Gasteiger partial charge in [-0.05, 0) is 7.05 Å². The summed E-state index contributed by atoms with van der Waals surface area (Å²) in [6, 6.07) is 0. The van der Waals surface area contributed by atoms with E-state index in [1.54, 1.807) is 0 Å². The number of isocyanates is 2. The molecule has 5 nitrogen and oxygen atoms in total. The summed E-state index contributed by atoms with van der Waals surface area (Å²) in [7, 11) is 1.50. The van der Waals surface area contributed by atoms with E-state index in [9.17, 15) is 0 Å². The summed E-state index contributed by atoms with van der Waals surface area (Å²) in [5.74, 6) is 0. The van der Waals surface area contributed by atoms with Crippen LogP contribution in [-0.2, 0) is 9.59 Å². The van der Waals surface area contributed by atoms with Gasteiger partial charge in [0, 0.05) is 0 Å². The summed E-state index contributed by atoms with van der Waals surface area (Å²) in [6.07, 6.45) is 1.50. The van der Waals surface area contributed by atoms with Crippen molar-refractivity contribution in [3.05, 3.63) is 0 Å². The molecule has 0 heterocycles. The van der Waals surface area contributed by atoms with E-state index < -0.39 is 0 Å². The molecule has 0 atom stereocenters. The number of nitrogens with one attached hydrogen (secondary N) is 2. The molecule has 4 N–H and O–H groups in total. The molecule has 0 aliphatic heterocycles. The van der Waals surface area contributed by atoms with Crippen LogP contribution in [0.3, 0.4) is 0 Å². The average Bonchev–Trinajstić information content (AvgIpc) is 1.75. The molecular formula is C9H31N3O2. The van der Waals surface area contributed by atoms with Crippen molar-refractivity contribution in [3.8, 4) is 0 Å². The number of hydrogen-bond acceptors (Lipinski definition) is 5. The topological polar surface area (TPSA) is 108 Å². The molecule has 0 unspecified atom stereocenters. The van der Waals surface area contributed by atoms with Gasteiger partial charge in [0.05, 0.1) is 0 Å². The van der Waals surface area contributed by atoms with Gasteiger partial charge in [0.15, 0.2) is 0 Å². The average molecular weight is 213 g/mol. The van der Waals surface area contributed by atoms with Crippen molar-refractivity contribution in [1.29, 1.82) is 10.8 Å². The first kappa shape index (κ1) is 126. The molecule has 94 valence electrons. The van der Waals surface area contributed by atoms with Crippen LogP contribution in [0.25, 0.3) is 0 Å². The number of rotatable bonds is 0. The van der Waals surface area contributed by atoms with Gasteiger partial charge in [-0.2, -0.15) is 0 Å². The summed E-state index contributed by atoms with van der Waals surface area (Å²) in [4.78, 5) is 16.7. The molecule has 0 saturated carbocycles. The molecule has 0 fully saturated rings. The second kappa shape index (κ2) is 2600. The largest absolute Gasteiger partial charge is 0.333 e. The van der Waals surface area contributed by atoms with Crippen LogP contribution in [0.15, 0.2) is 0 Å². The van der Waals surface area contributed by atoms with Crippen LogP contribution >= 0.6 is 0 Å². The Morgan fingerprint density at radius 2 is 0.714 bits per heavy atom. The SMILES string of the molecule is C.C.C.C.C.C.CN.N=C=O.N=C=O. The fraction of sp³-hybridized carbons (Fsp3) is 0.778. The zero-order valence-corrected chi connectivity index (χ0v) is 4.39. The summed E-state index contributed by atoms with van der Waals surface area (Å²) < 4.78 is 0. The second-order valence-corrected chi connectivity index (χ2v) is 0.204. The third-order valence-corrected chi connectivity index (χ3v) is 0. The zero-order chi connectivity index (χ0) is 7.41. The minimum absolute atomic E-state index is 0. The lowest BCUT2D eigenvalue weighted by atomic mass is 11.6. The van der Waals surface area contributed by atoms with Crippen molar-refractivity contribution < 1.29 is 9.59 Å². The van der Waals surface area contributed by atoms with Gasteiger partial charge in [0.2, 0.25) is 12.2 Å². The van der Waals surface area contributed by atoms with Crippen LogP contribution in [0.2, 0.25) is 0 Å². The molecule has 0 rings (SSSR count). The first-order valence-electron chi connectivity index (χ1n) is 1.49. The molecule has 5 heteroatoms. The molecule has 0 aromatic carbocycles. The summed E-state index contributed by atoms with van der Waals surface area (Å²) in [5, 5.41) is 10.8. The molecule has 0 saturated heterocycles. The highest BCUT2D eigenvalue weighted by molar-refractivity contribution is 5.26. The molecule has 0 radical (unpaired) electrons. The Hall–Kier alpha value is -1.28. The van der Waals surface area contributed by atoms with Gasteiger partial charge in [-0.15, -0.1) is 0 Å². The second-order valence-electron chi connectivity index (χ2n) is 0.204. The van der Waals surface area contributed by atoms with E-state index in [0.717, 1.165) is 12.2 Å². The maximum Gasteiger partial charge on any atom is 0.231 e. The molecule has 0 aliphatic rings. The standard InChI is InChI=1S/2CHNO.CH5N.6CH4/c2*2-1-3;1-2;;;;;;/h2*2H;2H2,1H3;6*1H4. The van der Waals surface area contributed by atoms with E-state index in [0.29, 0.717) is 0 Å². The predicted octanol–water partition coefficient (Wildman–Crippen LogP) is 3.19. The highest BCUT2D eigenvalue weighted by atomic mass is 16.1. The zero-order valence-electron chi connectivity index (χ0n) is 4.39. The highest BCUT2D eigenvalue weighted by Gasteiger charge is 1.04. The molecule has 0 amide bonds. The summed E-state index contributed by atoms with van der Waals surface area (Å²) in [6.45, 7) is 0. The molecule has 14 heavy (non-hydrogen) atoms. The predicted molar refractivity (Wildman–Crippen MR) is 67.3 cm³/mol. The Bertz CT molecular complexity index is 72.1. The fourth-order valence-electron chi connectivity index (χ4n) is 0. The van der Waals surface area contributed by atoms with Crippen LogP contribution < -0.4 is 5.73 Å². The lowest BCUT2D eigenvalue weighted by molar-refractivity contribution is 0.562. The van der Waals surface area contributed by atoms with Crippen molar-refractivity contribution in [2.24, 2.45) is 5.73 Å². The minimum atomic E-state index is 0. The third kappa shape index (κ3) is 618. The van der Waals surface area contributed by atoms with Crippen molar-refractivity contribution in [3.63, 3.8) is 0 Å². The molecular weight excluding hydrogens is 182 g/mol. The van der Waals surface area contributed by atoms with E-state index in [2.05, 4.69) is 5.73 Å². The lowest BCUT2D eigenvalue weighted by Crippen LogP contribution is -1.69. The normalized spacial score (nSPS) is 1.57. The van der Waals surface area contributed by atoms with Gasteiger partial charge < -0.3 is 5.73 Å². The van der Waals surface area contributed by atoms with E-state index in [4.69, 9.17) is 20.4 Å². The number of nitrogens with two attached hydrogens (primary N) is 1. The van der Waals surface area contributed by atoms with Crippen LogP contribution in [-0.4, -0.2) is 19.2 Å². The van der Waals surface area contributed by atoms with Crippen LogP contribution in [0, 0.1) is 10.8 Å². The highest BCUT2D eigenvalue weighted by Crippen LogP contribution is 0.871. The Morgan fingerprint density at radius 1 is 0.714 bits per heavy atom. The van der Waals surface area contributed by atoms with Gasteiger partial charge in [-0.25, -0.2) is 20.4 Å². The van der Waals surface area contributed by atoms with Crippen molar-refractivity contribution in [2.45, 2.75) is 44.6 Å². The van der Waals surface area contributed by atoms with Crippen molar-refractivity contribution >= 4 is 12.2 Å². The number of carbonyl (C=O) groups excluding carboxylic acids is 2. The summed E-state index contributed by atoms with van der Waals surface area (Å²) in [5.41, 5.74) is 4.50. The summed E-state index contributed by atoms with van der Waals surface area (Å²) >= 11 is 0. The molecule has 0 aliphatic carbocycles. The van der Waals surface area contributed by atoms with Gasteiger partial charge >= 0.3 is 0 Å². The maximum atomic E-state index is 8.35. The Labute approximate surface area is 90.7 Å². The Kier molecular flexibility index (Phi) is 23400. The van der Waals surface area contributed by atoms with Gasteiger partial charge in [0.25, 0.3) is 0 Å². The van der Waals surface area contributed by atoms with Crippen molar-refractivity contribution in [2.75, 3.05) is 7.05 Å². The van der Waals surface area contributed by atoms with Gasteiger partial charge in [-0.3, -0.25) is 0 Å². The first-order chi connectivity index (χ1) is 3.83. The monoisotopic (exact) mass is 213 g/mol. The van der Waals surface area contributed by atoms with E-state index in [1.807, 2.05) is 0 Å². The van der Waals surface area contributed by atoms with E-state index >= 15 is 0 Å². The Morgan fingerprint density at radius 3 is 0.714 bits per heavy atom.